The van der Waals surface area contributed by atoms with Crippen molar-refractivity contribution < 1.29 is 14.3 Å². The Morgan fingerprint density at radius 1 is 1.21 bits per heavy atom. The van der Waals surface area contributed by atoms with Crippen molar-refractivity contribution in [2.75, 3.05) is 13.7 Å². The van der Waals surface area contributed by atoms with Crippen LogP contribution in [0.3, 0.4) is 0 Å². The Kier molecular flexibility index (Phi) is 5.81. The normalized spacial score (nSPS) is 16.1. The molecule has 1 saturated heterocycles. The van der Waals surface area contributed by atoms with Gasteiger partial charge < -0.3 is 14.4 Å². The third kappa shape index (κ3) is 4.43. The van der Waals surface area contributed by atoms with Crippen LogP contribution in [-0.2, 0) is 6.61 Å². The fourth-order valence-electron chi connectivity index (χ4n) is 3.72. The number of likely N-dealkylation sites (tertiary alicyclic amines) is 1. The van der Waals surface area contributed by atoms with E-state index in [1.165, 1.54) is 0 Å². The maximum Gasteiger partial charge on any atom is 0.254 e. The smallest absolute Gasteiger partial charge is 0.254 e. The second kappa shape index (κ2) is 8.66. The molecule has 6 heteroatoms. The summed E-state index contributed by atoms with van der Waals surface area (Å²) < 4.78 is 11.2. The molecule has 5 nitrogen and oxygen atoms in total. The summed E-state index contributed by atoms with van der Waals surface area (Å²) in [5, 5.41) is 3.01. The molecule has 4 rings (SSSR count). The molecular formula is C23H24N2O3S. The molecule has 0 bridgehead atoms. The van der Waals surface area contributed by atoms with Gasteiger partial charge in [-0.15, -0.1) is 11.3 Å². The predicted molar refractivity (Wildman–Crippen MR) is 114 cm³/mol. The zero-order valence-corrected chi connectivity index (χ0v) is 17.4. The molecule has 1 aliphatic heterocycles. The molecule has 1 aromatic heterocycles. The van der Waals surface area contributed by atoms with E-state index in [4.69, 9.17) is 9.47 Å². The lowest BCUT2D eigenvalue weighted by Crippen LogP contribution is -2.30. The average molecular weight is 409 g/mol. The zero-order chi connectivity index (χ0) is 20.2. The van der Waals surface area contributed by atoms with Gasteiger partial charge in [0.25, 0.3) is 5.91 Å². The maximum absolute atomic E-state index is 13.2. The monoisotopic (exact) mass is 408 g/mol. The van der Waals surface area contributed by atoms with Crippen LogP contribution >= 0.6 is 11.3 Å². The molecule has 0 radical (unpaired) electrons. The van der Waals surface area contributed by atoms with Gasteiger partial charge in [-0.2, -0.15) is 0 Å². The van der Waals surface area contributed by atoms with Crippen LogP contribution in [0, 0.1) is 6.92 Å². The van der Waals surface area contributed by atoms with E-state index in [1.54, 1.807) is 18.4 Å². The van der Waals surface area contributed by atoms with Crippen LogP contribution in [0.25, 0.3) is 0 Å². The highest BCUT2D eigenvalue weighted by Crippen LogP contribution is 2.34. The van der Waals surface area contributed by atoms with Gasteiger partial charge in [-0.1, -0.05) is 18.2 Å². The third-order valence-electron chi connectivity index (χ3n) is 5.13. The van der Waals surface area contributed by atoms with Crippen molar-refractivity contribution in [3.63, 3.8) is 0 Å². The summed E-state index contributed by atoms with van der Waals surface area (Å²) in [6.07, 6.45) is 1.95. The molecule has 29 heavy (non-hydrogen) atoms. The fraction of sp³-hybridized carbons (Fsp3) is 0.304. The Hall–Kier alpha value is -2.86. The number of thiazole rings is 1. The summed E-state index contributed by atoms with van der Waals surface area (Å²) >= 11 is 1.60. The number of aromatic nitrogens is 1. The molecule has 0 spiro atoms. The summed E-state index contributed by atoms with van der Waals surface area (Å²) in [6.45, 7) is 3.13. The Bertz CT molecular complexity index is 1000. The minimum Gasteiger partial charge on any atom is -0.497 e. The molecule has 2 heterocycles. The molecule has 1 fully saturated rings. The quantitative estimate of drug-likeness (QED) is 0.575. The van der Waals surface area contributed by atoms with Gasteiger partial charge in [-0.05, 0) is 55.7 Å². The number of hydrogen-bond donors (Lipinski definition) is 0. The number of aryl methyl sites for hydroxylation is 1. The van der Waals surface area contributed by atoms with E-state index in [0.717, 1.165) is 41.4 Å². The first-order chi connectivity index (χ1) is 14.1. The van der Waals surface area contributed by atoms with Crippen molar-refractivity contribution in [1.82, 2.24) is 9.88 Å². The molecular weight excluding hydrogens is 384 g/mol. The first kappa shape index (κ1) is 19.5. The molecule has 1 unspecified atom stereocenters. The Morgan fingerprint density at radius 2 is 2.03 bits per heavy atom. The number of benzene rings is 2. The molecule has 3 aromatic rings. The van der Waals surface area contributed by atoms with Crippen molar-refractivity contribution in [3.8, 4) is 11.5 Å². The first-order valence-corrected chi connectivity index (χ1v) is 10.6. The molecule has 150 valence electrons. The molecule has 0 N–H and O–H groups in total. The van der Waals surface area contributed by atoms with Crippen LogP contribution in [0.4, 0.5) is 0 Å². The fourth-order valence-corrected chi connectivity index (χ4v) is 4.32. The highest BCUT2D eigenvalue weighted by Gasteiger charge is 2.31. The van der Waals surface area contributed by atoms with Gasteiger partial charge >= 0.3 is 0 Å². The minimum absolute atomic E-state index is 0.0327. The molecule has 1 aliphatic rings. The van der Waals surface area contributed by atoms with Gasteiger partial charge in [0.2, 0.25) is 0 Å². The van der Waals surface area contributed by atoms with Crippen molar-refractivity contribution in [2.24, 2.45) is 0 Å². The van der Waals surface area contributed by atoms with E-state index in [2.05, 4.69) is 11.1 Å². The van der Waals surface area contributed by atoms with Crippen molar-refractivity contribution >= 4 is 17.2 Å². The minimum atomic E-state index is 0.0327. The summed E-state index contributed by atoms with van der Waals surface area (Å²) in [7, 11) is 1.66. The Morgan fingerprint density at radius 3 is 2.83 bits per heavy atom. The molecule has 1 amide bonds. The van der Waals surface area contributed by atoms with Crippen LogP contribution in [0.5, 0.6) is 11.5 Å². The number of methoxy groups -OCH3 is 1. The SMILES string of the molecule is COc1cccc(C2CCCN2C(=O)c2cccc(OCc3csc(C)n3)c2)c1. The van der Waals surface area contributed by atoms with E-state index in [9.17, 15) is 4.79 Å². The van der Waals surface area contributed by atoms with E-state index in [0.29, 0.717) is 17.9 Å². The number of rotatable bonds is 6. The van der Waals surface area contributed by atoms with Crippen LogP contribution in [0.2, 0.25) is 0 Å². The summed E-state index contributed by atoms with van der Waals surface area (Å²) in [4.78, 5) is 19.6. The van der Waals surface area contributed by atoms with Gasteiger partial charge in [0.1, 0.15) is 18.1 Å². The number of carbonyl (C=O) groups is 1. The number of carbonyl (C=O) groups excluding carboxylic acids is 1. The topological polar surface area (TPSA) is 51.7 Å². The maximum atomic E-state index is 13.2. The number of ether oxygens (including phenoxy) is 2. The largest absolute Gasteiger partial charge is 0.497 e. The zero-order valence-electron chi connectivity index (χ0n) is 16.6. The van der Waals surface area contributed by atoms with Gasteiger partial charge in [0.05, 0.1) is 23.9 Å². The van der Waals surface area contributed by atoms with Crippen LogP contribution < -0.4 is 9.47 Å². The summed E-state index contributed by atoms with van der Waals surface area (Å²) in [5.41, 5.74) is 2.66. The number of amides is 1. The predicted octanol–water partition coefficient (Wildman–Crippen LogP) is 5.02. The average Bonchev–Trinajstić information content (AvgIpc) is 3.41. The molecule has 0 saturated carbocycles. The third-order valence-corrected chi connectivity index (χ3v) is 5.95. The lowest BCUT2D eigenvalue weighted by molar-refractivity contribution is 0.0735. The van der Waals surface area contributed by atoms with E-state index < -0.39 is 0 Å². The number of hydrogen-bond acceptors (Lipinski definition) is 5. The lowest BCUT2D eigenvalue weighted by atomic mass is 10.0. The van der Waals surface area contributed by atoms with E-state index in [1.807, 2.05) is 59.7 Å². The highest BCUT2D eigenvalue weighted by molar-refractivity contribution is 7.09. The standard InChI is InChI=1S/C23H24N2O3S/c1-16-24-19(15-29-16)14-28-21-9-4-7-18(13-21)23(26)25-11-5-10-22(25)17-6-3-8-20(12-17)27-2/h3-4,6-9,12-13,15,22H,5,10-11,14H2,1-2H3. The first-order valence-electron chi connectivity index (χ1n) is 9.73. The molecule has 1 atom stereocenters. The van der Waals surface area contributed by atoms with Crippen LogP contribution in [0.15, 0.2) is 53.9 Å². The highest BCUT2D eigenvalue weighted by atomic mass is 32.1. The second-order valence-electron chi connectivity index (χ2n) is 7.11. The van der Waals surface area contributed by atoms with Crippen LogP contribution in [-0.4, -0.2) is 29.4 Å². The summed E-state index contributed by atoms with van der Waals surface area (Å²) in [6, 6.07) is 15.5. The van der Waals surface area contributed by atoms with E-state index in [-0.39, 0.29) is 11.9 Å². The van der Waals surface area contributed by atoms with Gasteiger partial charge in [-0.25, -0.2) is 4.98 Å². The van der Waals surface area contributed by atoms with Crippen molar-refractivity contribution in [3.05, 3.63) is 75.7 Å². The second-order valence-corrected chi connectivity index (χ2v) is 8.17. The lowest BCUT2D eigenvalue weighted by Gasteiger charge is -2.25. The molecule has 0 aliphatic carbocycles. The van der Waals surface area contributed by atoms with Gasteiger partial charge in [0.15, 0.2) is 0 Å². The summed E-state index contributed by atoms with van der Waals surface area (Å²) in [5.74, 6) is 1.53. The number of nitrogens with zero attached hydrogens (tertiary/aromatic N) is 2. The van der Waals surface area contributed by atoms with Crippen molar-refractivity contribution in [1.29, 1.82) is 0 Å². The Labute approximate surface area is 174 Å². The van der Waals surface area contributed by atoms with Gasteiger partial charge in [0, 0.05) is 17.5 Å². The Balaban J connectivity index is 1.49. The van der Waals surface area contributed by atoms with Crippen LogP contribution in [0.1, 0.15) is 45.5 Å². The van der Waals surface area contributed by atoms with Crippen molar-refractivity contribution in [2.45, 2.75) is 32.4 Å². The van der Waals surface area contributed by atoms with Gasteiger partial charge in [-0.3, -0.25) is 4.79 Å². The molecule has 2 aromatic carbocycles. The van der Waals surface area contributed by atoms with E-state index >= 15 is 0 Å².